The Labute approximate surface area is 100 Å². The summed E-state index contributed by atoms with van der Waals surface area (Å²) in [4.78, 5) is 2.17. The second-order valence-electron chi connectivity index (χ2n) is 3.94. The third-order valence-corrected chi connectivity index (χ3v) is 3.05. The van der Waals surface area contributed by atoms with E-state index in [0.717, 1.165) is 28.8 Å². The Balaban J connectivity index is 2.66. The fourth-order valence-corrected chi connectivity index (χ4v) is 2.00. The molecule has 16 heavy (non-hydrogen) atoms. The predicted octanol–water partition coefficient (Wildman–Crippen LogP) is 3.93. The molecule has 0 bridgehead atoms. The van der Waals surface area contributed by atoms with Gasteiger partial charge < -0.3 is 9.32 Å². The molecule has 84 valence electrons. The summed E-state index contributed by atoms with van der Waals surface area (Å²) in [6.07, 6.45) is 0. The van der Waals surface area contributed by atoms with Crippen molar-refractivity contribution < 1.29 is 4.42 Å². The molecule has 0 aliphatic heterocycles. The van der Waals surface area contributed by atoms with Crippen molar-refractivity contribution in [2.75, 3.05) is 18.5 Å². The number of rotatable bonds is 2. The minimum absolute atomic E-state index is 0.543. The molecule has 0 aliphatic rings. The lowest BCUT2D eigenvalue weighted by Crippen LogP contribution is -2.15. The van der Waals surface area contributed by atoms with E-state index >= 15 is 0 Å². The summed E-state index contributed by atoms with van der Waals surface area (Å²) in [5.41, 5.74) is 3.18. The smallest absolute Gasteiger partial charge is 0.191 e. The van der Waals surface area contributed by atoms with E-state index in [1.54, 1.807) is 0 Å². The van der Waals surface area contributed by atoms with Crippen LogP contribution in [-0.4, -0.2) is 13.6 Å². The van der Waals surface area contributed by atoms with Gasteiger partial charge in [-0.15, -0.1) is 0 Å². The monoisotopic (exact) mass is 233 g/mol. The van der Waals surface area contributed by atoms with Crippen LogP contribution < -0.4 is 4.90 Å². The fraction of sp³-hybridized carbons (Fsp3) is 0.308. The lowest BCUT2D eigenvalue weighted by atomic mass is 10.1. The van der Waals surface area contributed by atoms with Crippen molar-refractivity contribution in [1.29, 1.82) is 0 Å². The van der Waals surface area contributed by atoms with Gasteiger partial charge in [0.1, 0.15) is 5.58 Å². The summed E-state index contributed by atoms with van der Waals surface area (Å²) in [5, 5.41) is 1.13. The van der Waals surface area contributed by atoms with Crippen LogP contribution in [0, 0.1) is 11.6 Å². The van der Waals surface area contributed by atoms with Crippen LogP contribution in [0.3, 0.4) is 0 Å². The van der Waals surface area contributed by atoms with Gasteiger partial charge in [0, 0.05) is 30.7 Å². The molecule has 2 aromatic rings. The van der Waals surface area contributed by atoms with Crippen LogP contribution in [-0.2, 0) is 0 Å². The quantitative estimate of drug-likeness (QED) is 0.731. The number of benzene rings is 1. The highest BCUT2D eigenvalue weighted by atomic mass is 32.1. The van der Waals surface area contributed by atoms with Crippen molar-refractivity contribution in [2.45, 2.75) is 13.8 Å². The highest BCUT2D eigenvalue weighted by Gasteiger charge is 2.04. The summed E-state index contributed by atoms with van der Waals surface area (Å²) in [5.74, 6) is 0. The summed E-state index contributed by atoms with van der Waals surface area (Å²) in [7, 11) is 2.06. The van der Waals surface area contributed by atoms with E-state index in [0.29, 0.717) is 4.71 Å². The van der Waals surface area contributed by atoms with Gasteiger partial charge >= 0.3 is 0 Å². The maximum absolute atomic E-state index is 5.57. The Bertz CT molecular complexity index is 574. The number of hydrogen-bond donors (Lipinski definition) is 0. The summed E-state index contributed by atoms with van der Waals surface area (Å²) in [6, 6.07) is 8.13. The molecule has 1 aromatic heterocycles. The number of hydrogen-bond acceptors (Lipinski definition) is 3. The first-order chi connectivity index (χ1) is 7.61. The molecule has 2 rings (SSSR count). The van der Waals surface area contributed by atoms with Gasteiger partial charge in [-0.25, -0.2) is 0 Å². The topological polar surface area (TPSA) is 16.4 Å². The maximum atomic E-state index is 5.57. The normalized spacial score (nSPS) is 10.7. The number of anilines is 1. The molecule has 0 atom stereocenters. The summed E-state index contributed by atoms with van der Waals surface area (Å²) >= 11 is 5.08. The summed E-state index contributed by atoms with van der Waals surface area (Å²) < 4.78 is 6.11. The first kappa shape index (κ1) is 11.1. The van der Waals surface area contributed by atoms with E-state index in [-0.39, 0.29) is 0 Å². The van der Waals surface area contributed by atoms with E-state index in [9.17, 15) is 0 Å². The van der Waals surface area contributed by atoms with Crippen LogP contribution in [0.25, 0.3) is 11.0 Å². The first-order valence-electron chi connectivity index (χ1n) is 5.37. The van der Waals surface area contributed by atoms with Gasteiger partial charge in [0.15, 0.2) is 4.71 Å². The largest absolute Gasteiger partial charge is 0.445 e. The van der Waals surface area contributed by atoms with E-state index in [2.05, 4.69) is 37.9 Å². The SMILES string of the molecule is CCN(C)c1ccc2c(C)cc(=S)oc2c1. The minimum Gasteiger partial charge on any atom is -0.445 e. The molecule has 1 heterocycles. The van der Waals surface area contributed by atoms with E-state index in [4.69, 9.17) is 16.6 Å². The van der Waals surface area contributed by atoms with Gasteiger partial charge in [0.2, 0.25) is 0 Å². The van der Waals surface area contributed by atoms with Crippen LogP contribution in [0.2, 0.25) is 0 Å². The Morgan fingerprint density at radius 1 is 1.31 bits per heavy atom. The maximum Gasteiger partial charge on any atom is 0.191 e. The van der Waals surface area contributed by atoms with Crippen LogP contribution in [0.1, 0.15) is 12.5 Å². The van der Waals surface area contributed by atoms with Crippen molar-refractivity contribution in [3.8, 4) is 0 Å². The number of nitrogens with zero attached hydrogens (tertiary/aromatic N) is 1. The van der Waals surface area contributed by atoms with Crippen LogP contribution in [0.4, 0.5) is 5.69 Å². The molecule has 1 aromatic carbocycles. The molecular weight excluding hydrogens is 218 g/mol. The van der Waals surface area contributed by atoms with Gasteiger partial charge in [-0.2, -0.15) is 0 Å². The van der Waals surface area contributed by atoms with Crippen LogP contribution in [0.15, 0.2) is 28.7 Å². The Kier molecular flexibility index (Phi) is 2.97. The first-order valence-corrected chi connectivity index (χ1v) is 5.78. The molecular formula is C13H15NOS. The lowest BCUT2D eigenvalue weighted by Gasteiger charge is -2.17. The van der Waals surface area contributed by atoms with E-state index in [1.165, 1.54) is 0 Å². The predicted molar refractivity (Wildman–Crippen MR) is 70.7 cm³/mol. The Morgan fingerprint density at radius 2 is 2.06 bits per heavy atom. The third-order valence-electron chi connectivity index (χ3n) is 2.85. The second kappa shape index (κ2) is 4.26. The molecule has 0 radical (unpaired) electrons. The number of fused-ring (bicyclic) bond motifs is 1. The average Bonchev–Trinajstić information content (AvgIpc) is 2.27. The van der Waals surface area contributed by atoms with Gasteiger partial charge in [0.05, 0.1) is 0 Å². The highest BCUT2D eigenvalue weighted by molar-refractivity contribution is 7.71. The van der Waals surface area contributed by atoms with Crippen molar-refractivity contribution in [3.63, 3.8) is 0 Å². The molecule has 0 N–H and O–H groups in total. The van der Waals surface area contributed by atoms with Gasteiger partial charge in [-0.1, -0.05) is 0 Å². The summed E-state index contributed by atoms with van der Waals surface area (Å²) in [6.45, 7) is 5.14. The van der Waals surface area contributed by atoms with Crippen molar-refractivity contribution in [3.05, 3.63) is 34.5 Å². The molecule has 0 unspecified atom stereocenters. The van der Waals surface area contributed by atoms with Crippen molar-refractivity contribution in [1.82, 2.24) is 0 Å². The Morgan fingerprint density at radius 3 is 2.75 bits per heavy atom. The number of aryl methyl sites for hydroxylation is 1. The van der Waals surface area contributed by atoms with Crippen molar-refractivity contribution >= 4 is 28.9 Å². The molecule has 0 fully saturated rings. The van der Waals surface area contributed by atoms with Crippen molar-refractivity contribution in [2.24, 2.45) is 0 Å². The molecule has 0 amide bonds. The molecule has 2 nitrogen and oxygen atoms in total. The van der Waals surface area contributed by atoms with E-state index in [1.807, 2.05) is 12.1 Å². The van der Waals surface area contributed by atoms with Gasteiger partial charge in [0.25, 0.3) is 0 Å². The van der Waals surface area contributed by atoms with Gasteiger partial charge in [-0.3, -0.25) is 0 Å². The molecule has 0 saturated carbocycles. The second-order valence-corrected chi connectivity index (χ2v) is 4.35. The highest BCUT2D eigenvalue weighted by Crippen LogP contribution is 2.24. The molecule has 0 aliphatic carbocycles. The van der Waals surface area contributed by atoms with E-state index < -0.39 is 0 Å². The standard InChI is InChI=1S/C13H15NOS/c1-4-14(3)10-5-6-11-9(2)7-13(16)15-12(11)8-10/h5-8H,4H2,1-3H3. The lowest BCUT2D eigenvalue weighted by molar-refractivity contribution is 0.585. The minimum atomic E-state index is 0.543. The zero-order chi connectivity index (χ0) is 11.7. The molecule has 0 saturated heterocycles. The molecule has 0 spiro atoms. The average molecular weight is 233 g/mol. The third kappa shape index (κ3) is 1.95. The molecule has 3 heteroatoms. The zero-order valence-corrected chi connectivity index (χ0v) is 10.6. The van der Waals surface area contributed by atoms with Crippen LogP contribution in [0.5, 0.6) is 0 Å². The van der Waals surface area contributed by atoms with Gasteiger partial charge in [-0.05, 0) is 49.8 Å². The Hall–Kier alpha value is -1.35. The zero-order valence-electron chi connectivity index (χ0n) is 9.78. The fourth-order valence-electron chi connectivity index (χ4n) is 1.73. The van der Waals surface area contributed by atoms with Crippen LogP contribution >= 0.6 is 12.2 Å².